The van der Waals surface area contributed by atoms with E-state index in [0.717, 1.165) is 51.0 Å². The molecule has 0 unspecified atom stereocenters. The molecule has 2 aliphatic heterocycles. The van der Waals surface area contributed by atoms with Crippen LogP contribution in [0.1, 0.15) is 58.3 Å². The molecular weight excluding hydrogens is 312 g/mol. The number of nitrogens with one attached hydrogen (secondary N) is 2. The summed E-state index contributed by atoms with van der Waals surface area (Å²) in [6, 6.07) is 0.500. The molecule has 2 fully saturated rings. The quantitative estimate of drug-likeness (QED) is 0.588. The highest BCUT2D eigenvalue weighted by atomic mass is 15.4. The average Bonchev–Trinajstić information content (AvgIpc) is 3.17. The topological polar surface area (TPSA) is 80.7 Å². The molecule has 0 aromatic carbocycles. The van der Waals surface area contributed by atoms with E-state index >= 15 is 0 Å². The molecule has 1 saturated carbocycles. The summed E-state index contributed by atoms with van der Waals surface area (Å²) in [6.07, 6.45) is 10.4. The van der Waals surface area contributed by atoms with Crippen LogP contribution in [0.2, 0.25) is 0 Å². The summed E-state index contributed by atoms with van der Waals surface area (Å²) in [5, 5.41) is 11.5. The van der Waals surface area contributed by atoms with Crippen LogP contribution in [0.4, 0.5) is 0 Å². The molecular formula is C19H36N6. The molecule has 25 heavy (non-hydrogen) atoms. The number of aliphatic imine (C=N–C) groups is 1. The molecule has 1 saturated heterocycles. The Bertz CT molecular complexity index is 469. The Morgan fingerprint density at radius 1 is 1.16 bits per heavy atom. The van der Waals surface area contributed by atoms with Gasteiger partial charge in [-0.1, -0.05) is 32.6 Å². The zero-order chi connectivity index (χ0) is 17.6. The van der Waals surface area contributed by atoms with Gasteiger partial charge in [0.25, 0.3) is 0 Å². The molecule has 0 aromatic heterocycles. The first-order valence-corrected chi connectivity index (χ1v) is 10.3. The maximum Gasteiger partial charge on any atom is 0.191 e. The first-order chi connectivity index (χ1) is 12.1. The third-order valence-electron chi connectivity index (χ3n) is 6.33. The van der Waals surface area contributed by atoms with Gasteiger partial charge in [-0.2, -0.15) is 0 Å². The highest BCUT2D eigenvalue weighted by molar-refractivity contribution is 5.79. The van der Waals surface area contributed by atoms with Crippen molar-refractivity contribution in [2.24, 2.45) is 22.6 Å². The molecule has 1 aliphatic carbocycles. The van der Waals surface area contributed by atoms with Gasteiger partial charge >= 0.3 is 0 Å². The predicted octanol–water partition coefficient (Wildman–Crippen LogP) is 2.21. The number of rotatable bonds is 8. The molecule has 3 aliphatic rings. The van der Waals surface area contributed by atoms with Crippen molar-refractivity contribution in [3.63, 3.8) is 0 Å². The second-order valence-electron chi connectivity index (χ2n) is 8.21. The van der Waals surface area contributed by atoms with Crippen LogP contribution in [-0.2, 0) is 0 Å². The molecule has 0 amide bonds. The van der Waals surface area contributed by atoms with Gasteiger partial charge in [0.05, 0.1) is 6.54 Å². The Labute approximate surface area is 152 Å². The van der Waals surface area contributed by atoms with Crippen molar-refractivity contribution in [1.82, 2.24) is 15.1 Å². The van der Waals surface area contributed by atoms with Gasteiger partial charge in [0.2, 0.25) is 0 Å². The number of nitrogens with zero attached hydrogens (tertiary/aromatic N) is 3. The highest BCUT2D eigenvalue weighted by Crippen LogP contribution is 2.31. The molecule has 0 bridgehead atoms. The van der Waals surface area contributed by atoms with Gasteiger partial charge in [-0.3, -0.25) is 10.4 Å². The Hall–Kier alpha value is -1.46. The van der Waals surface area contributed by atoms with Crippen LogP contribution in [0.5, 0.6) is 0 Å². The Morgan fingerprint density at radius 2 is 1.96 bits per heavy atom. The molecule has 142 valence electrons. The zero-order valence-electron chi connectivity index (χ0n) is 15.8. The fourth-order valence-corrected chi connectivity index (χ4v) is 4.51. The second kappa shape index (κ2) is 8.77. The summed E-state index contributed by atoms with van der Waals surface area (Å²) < 4.78 is 0. The molecule has 6 heteroatoms. The molecule has 0 aromatic rings. The highest BCUT2D eigenvalue weighted by Gasteiger charge is 2.28. The summed E-state index contributed by atoms with van der Waals surface area (Å²) in [4.78, 5) is 8.76. The van der Waals surface area contributed by atoms with Crippen LogP contribution >= 0.6 is 0 Å². The molecule has 2 heterocycles. The maximum atomic E-state index is 8.20. The summed E-state index contributed by atoms with van der Waals surface area (Å²) in [5.74, 6) is 3.16. The van der Waals surface area contributed by atoms with Crippen molar-refractivity contribution < 1.29 is 0 Å². The SMILES string of the molecule is CC1CCC(CCN2C(=N)NC[C@@H]2CCCCN2CCN=C2N)CC1. The average molecular weight is 349 g/mol. The second-order valence-corrected chi connectivity index (χ2v) is 8.21. The summed E-state index contributed by atoms with van der Waals surface area (Å²) in [6.45, 7) is 7.23. The summed E-state index contributed by atoms with van der Waals surface area (Å²) >= 11 is 0. The van der Waals surface area contributed by atoms with E-state index in [-0.39, 0.29) is 0 Å². The molecule has 0 radical (unpaired) electrons. The number of nitrogens with two attached hydrogens (primary N) is 1. The van der Waals surface area contributed by atoms with Crippen LogP contribution in [0.25, 0.3) is 0 Å². The van der Waals surface area contributed by atoms with E-state index in [0.29, 0.717) is 18.0 Å². The minimum absolute atomic E-state index is 0.500. The zero-order valence-corrected chi connectivity index (χ0v) is 15.8. The van der Waals surface area contributed by atoms with Crippen molar-refractivity contribution in [2.45, 2.75) is 64.3 Å². The minimum Gasteiger partial charge on any atom is -0.370 e. The lowest BCUT2D eigenvalue weighted by atomic mass is 9.81. The van der Waals surface area contributed by atoms with Crippen molar-refractivity contribution in [1.29, 1.82) is 5.41 Å². The Kier molecular flexibility index (Phi) is 6.43. The van der Waals surface area contributed by atoms with Crippen molar-refractivity contribution in [2.75, 3.05) is 32.7 Å². The predicted molar refractivity (Wildman–Crippen MR) is 104 cm³/mol. The van der Waals surface area contributed by atoms with Gasteiger partial charge in [0, 0.05) is 32.2 Å². The van der Waals surface area contributed by atoms with Gasteiger partial charge in [-0.15, -0.1) is 0 Å². The molecule has 4 N–H and O–H groups in total. The van der Waals surface area contributed by atoms with E-state index in [1.54, 1.807) is 0 Å². The molecule has 0 spiro atoms. The lowest BCUT2D eigenvalue weighted by Crippen LogP contribution is -2.37. The van der Waals surface area contributed by atoms with Crippen LogP contribution in [0, 0.1) is 17.2 Å². The van der Waals surface area contributed by atoms with E-state index in [2.05, 4.69) is 27.0 Å². The lowest BCUT2D eigenvalue weighted by molar-refractivity contribution is 0.239. The first kappa shape index (κ1) is 18.3. The lowest BCUT2D eigenvalue weighted by Gasteiger charge is -2.30. The van der Waals surface area contributed by atoms with Crippen molar-refractivity contribution >= 4 is 11.9 Å². The van der Waals surface area contributed by atoms with Crippen LogP contribution in [-0.4, -0.2) is 60.5 Å². The normalized spacial score (nSPS) is 29.9. The van der Waals surface area contributed by atoms with Gasteiger partial charge in [-0.05, 0) is 37.5 Å². The fraction of sp³-hybridized carbons (Fsp3) is 0.895. The third-order valence-corrected chi connectivity index (χ3v) is 6.33. The van der Waals surface area contributed by atoms with Gasteiger partial charge in [-0.25, -0.2) is 0 Å². The molecule has 6 nitrogen and oxygen atoms in total. The summed E-state index contributed by atoms with van der Waals surface area (Å²) in [5.41, 5.74) is 5.87. The van der Waals surface area contributed by atoms with Crippen molar-refractivity contribution in [3.05, 3.63) is 0 Å². The summed E-state index contributed by atoms with van der Waals surface area (Å²) in [7, 11) is 0. The number of hydrogen-bond acceptors (Lipinski definition) is 4. The van der Waals surface area contributed by atoms with E-state index in [4.69, 9.17) is 11.1 Å². The van der Waals surface area contributed by atoms with Crippen LogP contribution < -0.4 is 11.1 Å². The first-order valence-electron chi connectivity index (χ1n) is 10.3. The third kappa shape index (κ3) is 5.02. The smallest absolute Gasteiger partial charge is 0.191 e. The van der Waals surface area contributed by atoms with Gasteiger partial charge in [0.1, 0.15) is 0 Å². The largest absolute Gasteiger partial charge is 0.370 e. The molecule has 1 atom stereocenters. The van der Waals surface area contributed by atoms with Gasteiger partial charge < -0.3 is 20.9 Å². The maximum absolute atomic E-state index is 8.20. The van der Waals surface area contributed by atoms with Crippen LogP contribution in [0.15, 0.2) is 4.99 Å². The van der Waals surface area contributed by atoms with Gasteiger partial charge in [0.15, 0.2) is 11.9 Å². The Morgan fingerprint density at radius 3 is 2.68 bits per heavy atom. The monoisotopic (exact) mass is 348 g/mol. The Balaban J connectivity index is 1.35. The van der Waals surface area contributed by atoms with E-state index in [1.807, 2.05) is 0 Å². The number of hydrogen-bond donors (Lipinski definition) is 3. The van der Waals surface area contributed by atoms with Crippen LogP contribution in [0.3, 0.4) is 0 Å². The van der Waals surface area contributed by atoms with Crippen molar-refractivity contribution in [3.8, 4) is 0 Å². The van der Waals surface area contributed by atoms with E-state index in [9.17, 15) is 0 Å². The minimum atomic E-state index is 0.500. The molecule has 3 rings (SSSR count). The van der Waals surface area contributed by atoms with E-state index in [1.165, 1.54) is 44.9 Å². The fourth-order valence-electron chi connectivity index (χ4n) is 4.51. The standard InChI is InChI=1S/C19H36N6/c1-15-5-7-16(8-6-15)9-12-25-17(14-23-19(25)21)4-2-3-11-24-13-10-22-18(24)20/h15-17H,2-14H2,1H3,(H2,20,22)(H2,21,23)/t15?,16?,17-/m0/s1. The number of guanidine groups is 2. The van der Waals surface area contributed by atoms with E-state index < -0.39 is 0 Å². The number of unbranched alkanes of at least 4 members (excludes halogenated alkanes) is 1.